The van der Waals surface area contributed by atoms with Crippen LogP contribution in [0.25, 0.3) is 10.9 Å². The first-order valence-electron chi connectivity index (χ1n) is 6.40. The third kappa shape index (κ3) is 2.30. The summed E-state index contributed by atoms with van der Waals surface area (Å²) in [5.74, 6) is -0.282. The van der Waals surface area contributed by atoms with Gasteiger partial charge in [-0.3, -0.25) is 0 Å². The predicted molar refractivity (Wildman–Crippen MR) is 80.3 cm³/mol. The highest BCUT2D eigenvalue weighted by atomic mass is 35.5. The molecule has 0 aliphatic carbocycles. The van der Waals surface area contributed by atoms with E-state index in [0.29, 0.717) is 18.1 Å². The van der Waals surface area contributed by atoms with Crippen LogP contribution in [-0.4, -0.2) is 4.57 Å². The molecule has 4 heteroatoms. The van der Waals surface area contributed by atoms with Crippen molar-refractivity contribution in [2.45, 2.75) is 13.1 Å². The van der Waals surface area contributed by atoms with E-state index in [2.05, 4.69) is 10.6 Å². The lowest BCUT2D eigenvalue weighted by molar-refractivity contribution is 0.623. The summed E-state index contributed by atoms with van der Waals surface area (Å²) >= 11 is 6.15. The van der Waals surface area contributed by atoms with Gasteiger partial charge < -0.3 is 10.3 Å². The van der Waals surface area contributed by atoms with E-state index in [0.717, 1.165) is 22.2 Å². The smallest absolute Gasteiger partial charge is 0.123 e. The molecule has 0 bridgehead atoms. The summed E-state index contributed by atoms with van der Waals surface area (Å²) in [6.45, 7) is 0.943. The van der Waals surface area contributed by atoms with Crippen LogP contribution in [0.1, 0.15) is 11.3 Å². The highest BCUT2D eigenvalue weighted by Crippen LogP contribution is 2.24. The number of rotatable bonds is 3. The molecule has 0 amide bonds. The van der Waals surface area contributed by atoms with Crippen LogP contribution in [0.5, 0.6) is 0 Å². The van der Waals surface area contributed by atoms with Gasteiger partial charge in [0.25, 0.3) is 0 Å². The van der Waals surface area contributed by atoms with Gasteiger partial charge in [-0.15, -0.1) is 0 Å². The minimum atomic E-state index is -0.282. The molecule has 2 nitrogen and oxygen atoms in total. The van der Waals surface area contributed by atoms with Crippen LogP contribution in [-0.2, 0) is 13.1 Å². The summed E-state index contributed by atoms with van der Waals surface area (Å²) < 4.78 is 15.5. The zero-order valence-corrected chi connectivity index (χ0v) is 11.6. The Balaban J connectivity index is 2.12. The van der Waals surface area contributed by atoms with Crippen molar-refractivity contribution in [1.29, 1.82) is 0 Å². The molecular weight excluding hydrogens is 275 g/mol. The van der Waals surface area contributed by atoms with Gasteiger partial charge >= 0.3 is 0 Å². The molecule has 1 heterocycles. The fourth-order valence-electron chi connectivity index (χ4n) is 2.46. The summed E-state index contributed by atoms with van der Waals surface area (Å²) in [5, 5.41) is 1.69. The maximum atomic E-state index is 13.4. The molecule has 2 N–H and O–H groups in total. The average Bonchev–Trinajstić information content (AvgIpc) is 2.81. The van der Waals surface area contributed by atoms with Gasteiger partial charge in [0.1, 0.15) is 5.82 Å². The van der Waals surface area contributed by atoms with Crippen LogP contribution >= 0.6 is 11.6 Å². The van der Waals surface area contributed by atoms with E-state index in [9.17, 15) is 4.39 Å². The second-order valence-corrected chi connectivity index (χ2v) is 5.13. The molecule has 0 fully saturated rings. The molecule has 102 valence electrons. The summed E-state index contributed by atoms with van der Waals surface area (Å²) in [7, 11) is 0. The number of hydrogen-bond acceptors (Lipinski definition) is 1. The van der Waals surface area contributed by atoms with E-state index in [1.54, 1.807) is 6.07 Å². The van der Waals surface area contributed by atoms with Crippen LogP contribution in [0.2, 0.25) is 5.02 Å². The molecular formula is C16H14ClFN2. The highest BCUT2D eigenvalue weighted by molar-refractivity contribution is 6.31. The molecule has 0 aliphatic rings. The molecule has 1 aromatic heterocycles. The fourth-order valence-corrected chi connectivity index (χ4v) is 2.64. The molecule has 20 heavy (non-hydrogen) atoms. The van der Waals surface area contributed by atoms with Crippen LogP contribution in [0.3, 0.4) is 0 Å². The molecule has 0 spiro atoms. The summed E-state index contributed by atoms with van der Waals surface area (Å²) in [4.78, 5) is 0. The number of aromatic nitrogens is 1. The molecule has 3 aromatic rings. The Bertz CT molecular complexity index is 764. The Morgan fingerprint density at radius 1 is 1.10 bits per heavy atom. The number of para-hydroxylation sites is 1. The van der Waals surface area contributed by atoms with Gasteiger partial charge in [-0.2, -0.15) is 0 Å². The number of halogens is 2. The van der Waals surface area contributed by atoms with E-state index in [1.165, 1.54) is 12.1 Å². The quantitative estimate of drug-likeness (QED) is 0.777. The van der Waals surface area contributed by atoms with Crippen molar-refractivity contribution in [2.24, 2.45) is 5.73 Å². The van der Waals surface area contributed by atoms with Gasteiger partial charge in [0, 0.05) is 29.3 Å². The van der Waals surface area contributed by atoms with Crippen LogP contribution < -0.4 is 5.73 Å². The Kier molecular flexibility index (Phi) is 3.47. The predicted octanol–water partition coefficient (Wildman–Crippen LogP) is 3.94. The maximum Gasteiger partial charge on any atom is 0.123 e. The average molecular weight is 289 g/mol. The van der Waals surface area contributed by atoms with E-state index in [4.69, 9.17) is 17.3 Å². The first-order valence-corrected chi connectivity index (χ1v) is 6.78. The Labute approximate surface area is 121 Å². The molecule has 0 saturated heterocycles. The van der Waals surface area contributed by atoms with Crippen molar-refractivity contribution in [1.82, 2.24) is 4.57 Å². The van der Waals surface area contributed by atoms with Crippen LogP contribution in [0.15, 0.2) is 48.5 Å². The molecule has 0 atom stereocenters. The van der Waals surface area contributed by atoms with Crippen molar-refractivity contribution < 1.29 is 4.39 Å². The van der Waals surface area contributed by atoms with E-state index < -0.39 is 0 Å². The number of benzene rings is 2. The lowest BCUT2D eigenvalue weighted by Gasteiger charge is -2.11. The molecule has 0 unspecified atom stereocenters. The Morgan fingerprint density at radius 2 is 1.90 bits per heavy atom. The number of nitrogens with two attached hydrogens (primary N) is 1. The van der Waals surface area contributed by atoms with Gasteiger partial charge in [0.15, 0.2) is 0 Å². The Morgan fingerprint density at radius 3 is 2.70 bits per heavy atom. The lowest BCUT2D eigenvalue weighted by atomic mass is 10.2. The number of fused-ring (bicyclic) bond motifs is 1. The van der Waals surface area contributed by atoms with Crippen LogP contribution in [0, 0.1) is 5.82 Å². The summed E-state index contributed by atoms with van der Waals surface area (Å²) in [6.07, 6.45) is 0. The maximum absolute atomic E-state index is 13.4. The van der Waals surface area contributed by atoms with Crippen molar-refractivity contribution in [3.05, 3.63) is 70.6 Å². The Hall–Kier alpha value is -1.84. The van der Waals surface area contributed by atoms with Gasteiger partial charge in [0.05, 0.1) is 0 Å². The summed E-state index contributed by atoms with van der Waals surface area (Å²) in [5.41, 5.74) is 8.64. The van der Waals surface area contributed by atoms with Gasteiger partial charge in [-0.05, 0) is 41.3 Å². The summed E-state index contributed by atoms with van der Waals surface area (Å²) in [6, 6.07) is 14.5. The van der Waals surface area contributed by atoms with Crippen molar-refractivity contribution in [2.75, 3.05) is 0 Å². The first kappa shape index (κ1) is 13.2. The normalized spacial score (nSPS) is 11.2. The molecule has 3 rings (SSSR count). The number of nitrogens with zero attached hydrogens (tertiary/aromatic N) is 1. The number of hydrogen-bond donors (Lipinski definition) is 1. The van der Waals surface area contributed by atoms with E-state index >= 15 is 0 Å². The standard InChI is InChI=1S/C16H14ClFN2/c17-15-6-5-13(18)7-12(15)10-20-14(9-19)8-11-3-1-2-4-16(11)20/h1-8H,9-10,19H2. The van der Waals surface area contributed by atoms with Gasteiger partial charge in [-0.25, -0.2) is 4.39 Å². The second kappa shape index (κ2) is 5.27. The minimum Gasteiger partial charge on any atom is -0.339 e. The topological polar surface area (TPSA) is 30.9 Å². The first-order chi connectivity index (χ1) is 9.69. The zero-order chi connectivity index (χ0) is 14.1. The largest absolute Gasteiger partial charge is 0.339 e. The van der Waals surface area contributed by atoms with Gasteiger partial charge in [0.2, 0.25) is 0 Å². The second-order valence-electron chi connectivity index (χ2n) is 4.72. The van der Waals surface area contributed by atoms with Gasteiger partial charge in [-0.1, -0.05) is 29.8 Å². The van der Waals surface area contributed by atoms with E-state index in [1.807, 2.05) is 24.3 Å². The monoisotopic (exact) mass is 288 g/mol. The van der Waals surface area contributed by atoms with Crippen LogP contribution in [0.4, 0.5) is 4.39 Å². The fraction of sp³-hybridized carbons (Fsp3) is 0.125. The molecule has 0 radical (unpaired) electrons. The lowest BCUT2D eigenvalue weighted by Crippen LogP contribution is -2.08. The SMILES string of the molecule is NCc1cc2ccccc2n1Cc1cc(F)ccc1Cl. The molecule has 0 saturated carbocycles. The van der Waals surface area contributed by atoms with Crippen molar-refractivity contribution in [3.8, 4) is 0 Å². The molecule has 0 aliphatic heterocycles. The van der Waals surface area contributed by atoms with Crippen molar-refractivity contribution in [3.63, 3.8) is 0 Å². The highest BCUT2D eigenvalue weighted by Gasteiger charge is 2.10. The third-order valence-electron chi connectivity index (χ3n) is 3.44. The molecule has 2 aromatic carbocycles. The van der Waals surface area contributed by atoms with E-state index in [-0.39, 0.29) is 5.82 Å². The third-order valence-corrected chi connectivity index (χ3v) is 3.81. The van der Waals surface area contributed by atoms with Crippen molar-refractivity contribution >= 4 is 22.5 Å². The zero-order valence-electron chi connectivity index (χ0n) is 10.8. The minimum absolute atomic E-state index is 0.282.